The second-order valence-corrected chi connectivity index (χ2v) is 5.48. The summed E-state index contributed by atoms with van der Waals surface area (Å²) < 4.78 is 30.1. The monoisotopic (exact) mass is 297 g/mol. The lowest BCUT2D eigenvalue weighted by Crippen LogP contribution is -2.24. The molecule has 0 saturated heterocycles. The van der Waals surface area contributed by atoms with E-state index < -0.39 is 21.7 Å². The predicted molar refractivity (Wildman–Crippen MR) is 74.4 cm³/mol. The molecule has 2 N–H and O–H groups in total. The molecule has 0 aromatic heterocycles. The van der Waals surface area contributed by atoms with Gasteiger partial charge in [-0.1, -0.05) is 24.0 Å². The highest BCUT2D eigenvalue weighted by atomic mass is 32.2. The fraction of sp³-hybridized carbons (Fsp3) is 0.308. The normalized spacial score (nSPS) is 10.3. The number of para-hydroxylation sites is 1. The SMILES string of the molecule is COC(=O)CS(=O)(=O)Nc1ccccc1C#CCCO. The highest BCUT2D eigenvalue weighted by Gasteiger charge is 2.17. The molecule has 1 rings (SSSR count). The van der Waals surface area contributed by atoms with Crippen LogP contribution >= 0.6 is 0 Å². The maximum Gasteiger partial charge on any atom is 0.322 e. The Morgan fingerprint density at radius 2 is 2.10 bits per heavy atom. The number of carbonyl (C=O) groups excluding carboxylic acids is 1. The molecule has 6 nitrogen and oxygen atoms in total. The van der Waals surface area contributed by atoms with Crippen molar-refractivity contribution in [1.82, 2.24) is 0 Å². The Morgan fingerprint density at radius 3 is 2.75 bits per heavy atom. The fourth-order valence-electron chi connectivity index (χ4n) is 1.31. The molecule has 0 radical (unpaired) electrons. The molecule has 0 aliphatic carbocycles. The Kier molecular flexibility index (Phi) is 6.03. The van der Waals surface area contributed by atoms with Crippen LogP contribution in [0.5, 0.6) is 0 Å². The summed E-state index contributed by atoms with van der Waals surface area (Å²) in [5.74, 6) is 3.85. The van der Waals surface area contributed by atoms with Crippen LogP contribution in [0.15, 0.2) is 24.3 Å². The molecule has 0 spiro atoms. The van der Waals surface area contributed by atoms with Crippen LogP contribution in [-0.2, 0) is 19.6 Å². The number of methoxy groups -OCH3 is 1. The van der Waals surface area contributed by atoms with E-state index in [0.29, 0.717) is 12.0 Å². The van der Waals surface area contributed by atoms with Gasteiger partial charge in [-0.05, 0) is 12.1 Å². The zero-order valence-corrected chi connectivity index (χ0v) is 11.7. The van der Waals surface area contributed by atoms with Crippen molar-refractivity contribution in [3.63, 3.8) is 0 Å². The largest absolute Gasteiger partial charge is 0.468 e. The van der Waals surface area contributed by atoms with Gasteiger partial charge in [0.25, 0.3) is 0 Å². The summed E-state index contributed by atoms with van der Waals surface area (Å²) in [6, 6.07) is 6.53. The summed E-state index contributed by atoms with van der Waals surface area (Å²) in [6.45, 7) is -0.0662. The van der Waals surface area contributed by atoms with E-state index in [2.05, 4.69) is 21.3 Å². The molecule has 1 aromatic carbocycles. The van der Waals surface area contributed by atoms with Gasteiger partial charge >= 0.3 is 5.97 Å². The minimum absolute atomic E-state index is 0.0662. The van der Waals surface area contributed by atoms with Gasteiger partial charge in [-0.2, -0.15) is 0 Å². The van der Waals surface area contributed by atoms with Crippen LogP contribution in [0.3, 0.4) is 0 Å². The van der Waals surface area contributed by atoms with Crippen molar-refractivity contribution < 1.29 is 23.1 Å². The first-order chi connectivity index (χ1) is 9.48. The van der Waals surface area contributed by atoms with Crippen molar-refractivity contribution in [2.24, 2.45) is 0 Å². The topological polar surface area (TPSA) is 92.7 Å². The van der Waals surface area contributed by atoms with Gasteiger partial charge in [0.05, 0.1) is 19.4 Å². The number of anilines is 1. The quantitative estimate of drug-likeness (QED) is 0.604. The van der Waals surface area contributed by atoms with Gasteiger partial charge in [-0.3, -0.25) is 9.52 Å². The third kappa shape index (κ3) is 5.30. The Morgan fingerprint density at radius 1 is 1.40 bits per heavy atom. The van der Waals surface area contributed by atoms with Crippen LogP contribution in [0.1, 0.15) is 12.0 Å². The summed E-state index contributed by atoms with van der Waals surface area (Å²) in [4.78, 5) is 11.0. The predicted octanol–water partition coefficient (Wildman–Crippen LogP) is 0.335. The number of sulfonamides is 1. The number of benzene rings is 1. The maximum atomic E-state index is 11.8. The summed E-state index contributed by atoms with van der Waals surface area (Å²) >= 11 is 0. The molecule has 108 valence electrons. The van der Waals surface area contributed by atoms with E-state index in [0.717, 1.165) is 7.11 Å². The molecule has 0 unspecified atom stereocenters. The van der Waals surface area contributed by atoms with Crippen molar-refractivity contribution in [3.8, 4) is 11.8 Å². The number of hydrogen-bond donors (Lipinski definition) is 2. The van der Waals surface area contributed by atoms with Crippen LogP contribution in [0.25, 0.3) is 0 Å². The zero-order valence-electron chi connectivity index (χ0n) is 10.9. The number of nitrogens with one attached hydrogen (secondary N) is 1. The molecule has 20 heavy (non-hydrogen) atoms. The first-order valence-electron chi connectivity index (χ1n) is 5.74. The average molecular weight is 297 g/mol. The van der Waals surface area contributed by atoms with Crippen molar-refractivity contribution in [2.45, 2.75) is 6.42 Å². The molecule has 0 aliphatic heterocycles. The van der Waals surface area contributed by atoms with Crippen LogP contribution in [0, 0.1) is 11.8 Å². The maximum absolute atomic E-state index is 11.8. The van der Waals surface area contributed by atoms with Gasteiger partial charge in [-0.25, -0.2) is 8.42 Å². The Bertz CT molecular complexity index is 628. The average Bonchev–Trinajstić information content (AvgIpc) is 2.40. The summed E-state index contributed by atoms with van der Waals surface area (Å²) in [5.41, 5.74) is 0.747. The Balaban J connectivity index is 2.93. The number of hydrogen-bond acceptors (Lipinski definition) is 5. The molecule has 0 amide bonds. The van der Waals surface area contributed by atoms with E-state index in [9.17, 15) is 13.2 Å². The molecule has 7 heteroatoms. The van der Waals surface area contributed by atoms with Gasteiger partial charge in [0.1, 0.15) is 0 Å². The van der Waals surface area contributed by atoms with Gasteiger partial charge in [0, 0.05) is 12.0 Å². The van der Waals surface area contributed by atoms with Crippen molar-refractivity contribution >= 4 is 21.7 Å². The number of esters is 1. The minimum atomic E-state index is -3.84. The number of aliphatic hydroxyl groups is 1. The highest BCUT2D eigenvalue weighted by Crippen LogP contribution is 2.15. The van der Waals surface area contributed by atoms with Crippen molar-refractivity contribution in [2.75, 3.05) is 24.2 Å². The molecular formula is C13H15NO5S. The molecular weight excluding hydrogens is 282 g/mol. The second-order valence-electron chi connectivity index (χ2n) is 3.76. The molecule has 0 saturated carbocycles. The van der Waals surface area contributed by atoms with Crippen LogP contribution in [0.4, 0.5) is 5.69 Å². The van der Waals surface area contributed by atoms with Gasteiger partial charge in [0.2, 0.25) is 10.0 Å². The molecule has 0 bridgehead atoms. The third-order valence-corrected chi connectivity index (χ3v) is 3.33. The number of carbonyl (C=O) groups is 1. The standard InChI is InChI=1S/C13H15NO5S/c1-19-13(16)10-20(17,18)14-12-8-3-2-6-11(12)7-4-5-9-15/h2-3,6,8,14-15H,5,9-10H2,1H3. The minimum Gasteiger partial charge on any atom is -0.468 e. The van der Waals surface area contributed by atoms with Crippen molar-refractivity contribution in [1.29, 1.82) is 0 Å². The Labute approximate surface area is 117 Å². The number of ether oxygens (including phenoxy) is 1. The van der Waals surface area contributed by atoms with Crippen molar-refractivity contribution in [3.05, 3.63) is 29.8 Å². The fourth-order valence-corrected chi connectivity index (χ4v) is 2.33. The summed E-state index contributed by atoms with van der Waals surface area (Å²) in [5, 5.41) is 8.66. The van der Waals surface area contributed by atoms with Crippen LogP contribution < -0.4 is 4.72 Å². The van der Waals surface area contributed by atoms with E-state index in [-0.39, 0.29) is 12.3 Å². The van der Waals surface area contributed by atoms with Gasteiger partial charge in [-0.15, -0.1) is 0 Å². The number of rotatable bonds is 5. The van der Waals surface area contributed by atoms with E-state index >= 15 is 0 Å². The first kappa shape index (κ1) is 16.0. The summed E-state index contributed by atoms with van der Waals surface area (Å²) in [6.07, 6.45) is 0.295. The molecule has 1 aromatic rings. The summed E-state index contributed by atoms with van der Waals surface area (Å²) in [7, 11) is -2.72. The van der Waals surface area contributed by atoms with E-state index in [1.807, 2.05) is 0 Å². The smallest absolute Gasteiger partial charge is 0.322 e. The van der Waals surface area contributed by atoms with E-state index in [4.69, 9.17) is 5.11 Å². The number of aliphatic hydroxyl groups excluding tert-OH is 1. The first-order valence-corrected chi connectivity index (χ1v) is 7.40. The third-order valence-electron chi connectivity index (χ3n) is 2.19. The Hall–Kier alpha value is -2.04. The van der Waals surface area contributed by atoms with Crippen LogP contribution in [0.2, 0.25) is 0 Å². The lowest BCUT2D eigenvalue weighted by Gasteiger charge is -2.08. The lowest BCUT2D eigenvalue weighted by molar-refractivity contribution is -0.137. The van der Waals surface area contributed by atoms with Gasteiger partial charge < -0.3 is 9.84 Å². The van der Waals surface area contributed by atoms with E-state index in [1.54, 1.807) is 18.2 Å². The second kappa shape index (κ2) is 7.53. The molecule has 0 atom stereocenters. The molecule has 0 fully saturated rings. The highest BCUT2D eigenvalue weighted by molar-refractivity contribution is 7.93. The molecule has 0 heterocycles. The molecule has 0 aliphatic rings. The van der Waals surface area contributed by atoms with Gasteiger partial charge in [0.15, 0.2) is 5.75 Å². The lowest BCUT2D eigenvalue weighted by atomic mass is 10.2. The van der Waals surface area contributed by atoms with Crippen LogP contribution in [-0.4, -0.2) is 39.0 Å². The van der Waals surface area contributed by atoms with E-state index in [1.165, 1.54) is 6.07 Å². The zero-order chi connectivity index (χ0) is 15.0.